The quantitative estimate of drug-likeness (QED) is 0.196. The molecule has 0 saturated carbocycles. The summed E-state index contributed by atoms with van der Waals surface area (Å²) in [6, 6.07) is -1.25. The average molecular weight is 573 g/mol. The summed E-state index contributed by atoms with van der Waals surface area (Å²) < 4.78 is 0.754. The van der Waals surface area contributed by atoms with E-state index in [1.165, 1.54) is 39.8 Å². The van der Waals surface area contributed by atoms with Crippen LogP contribution >= 0.6 is 66.7 Å². The van der Waals surface area contributed by atoms with Crippen LogP contribution in [0, 0.1) is 6.92 Å². The van der Waals surface area contributed by atoms with Crippen molar-refractivity contribution >= 4 is 84.6 Å². The van der Waals surface area contributed by atoms with Gasteiger partial charge in [0.05, 0.1) is 4.95 Å². The Balaban J connectivity index is 1.69. The molecule has 2 unspecified atom stereocenters. The molecule has 1 fully saturated rings. The molecule has 0 spiro atoms. The number of thioether (sulfide) groups is 2. The number of halogens is 2. The van der Waals surface area contributed by atoms with E-state index < -0.39 is 29.3 Å². The fraction of sp³-hybridized carbons (Fsp3) is 0.500. The van der Waals surface area contributed by atoms with Crippen molar-refractivity contribution in [2.24, 2.45) is 0 Å². The second-order valence-electron chi connectivity index (χ2n) is 5.76. The van der Waals surface area contributed by atoms with Gasteiger partial charge in [0.2, 0.25) is 0 Å². The number of amides is 3. The van der Waals surface area contributed by atoms with Crippen LogP contribution in [-0.2, 0) is 9.59 Å². The van der Waals surface area contributed by atoms with E-state index in [2.05, 4.69) is 52.7 Å². The molecule has 2 aliphatic heterocycles. The molecule has 3 rings (SSSR count). The Morgan fingerprint density at radius 2 is 2.21 bits per heavy atom. The number of alkyl halides is 2. The first-order valence-corrected chi connectivity index (χ1v) is 12.8. The Morgan fingerprint density at radius 3 is 2.82 bits per heavy atom. The highest BCUT2D eigenvalue weighted by molar-refractivity contribution is 9.12. The minimum Gasteiger partial charge on any atom is -0.477 e. The van der Waals surface area contributed by atoms with E-state index >= 15 is 0 Å². The van der Waals surface area contributed by atoms with Gasteiger partial charge in [-0.05, 0) is 12.5 Å². The Labute approximate surface area is 189 Å². The van der Waals surface area contributed by atoms with Gasteiger partial charge in [-0.25, -0.2) is 9.59 Å². The number of β-lactam (4-membered cyclic amide) rings is 1. The number of fused-ring (bicyclic) bond motifs is 1. The van der Waals surface area contributed by atoms with E-state index in [9.17, 15) is 19.5 Å². The highest BCUT2D eigenvalue weighted by atomic mass is 79.9. The zero-order chi connectivity index (χ0) is 20.4. The van der Waals surface area contributed by atoms with Gasteiger partial charge in [0.1, 0.15) is 22.1 Å². The number of nitrogens with one attached hydrogen (secondary N) is 2. The maximum absolute atomic E-state index is 12.5. The number of aromatic nitrogens is 2. The highest BCUT2D eigenvalue weighted by Crippen LogP contribution is 2.41. The summed E-state index contributed by atoms with van der Waals surface area (Å²) in [7, 11) is 0. The van der Waals surface area contributed by atoms with Crippen molar-refractivity contribution in [1.82, 2.24) is 25.7 Å². The lowest BCUT2D eigenvalue weighted by Crippen LogP contribution is -2.71. The number of carboxylic acids is 1. The normalized spacial score (nSPS) is 22.4. The fourth-order valence-corrected chi connectivity index (χ4v) is 6.31. The molecule has 1 saturated heterocycles. The molecule has 3 heterocycles. The molecule has 1 aromatic heterocycles. The molecular formula is C14H15Br2N5O4S3. The summed E-state index contributed by atoms with van der Waals surface area (Å²) >= 11 is 10.7. The Morgan fingerprint density at radius 1 is 1.46 bits per heavy atom. The number of rotatable bonds is 7. The lowest BCUT2D eigenvalue weighted by molar-refractivity contribution is -0.148. The minimum atomic E-state index is -1.15. The first-order valence-electron chi connectivity index (χ1n) is 7.91. The van der Waals surface area contributed by atoms with Gasteiger partial charge in [0.25, 0.3) is 5.91 Å². The molecule has 3 N–H and O–H groups in total. The number of aliphatic carboxylic acids is 1. The second kappa shape index (κ2) is 9.32. The van der Waals surface area contributed by atoms with Crippen LogP contribution in [0.2, 0.25) is 0 Å². The third-order valence-corrected chi connectivity index (χ3v) is 9.30. The van der Waals surface area contributed by atoms with E-state index in [1.54, 1.807) is 0 Å². The van der Waals surface area contributed by atoms with Crippen molar-refractivity contribution in [3.05, 3.63) is 16.3 Å². The van der Waals surface area contributed by atoms with Crippen molar-refractivity contribution < 1.29 is 19.5 Å². The summed E-state index contributed by atoms with van der Waals surface area (Å²) in [5.74, 6) is -0.702. The second-order valence-corrected chi connectivity index (χ2v) is 11.0. The number of carbonyl (C=O) groups is 3. The van der Waals surface area contributed by atoms with Crippen molar-refractivity contribution in [3.63, 3.8) is 0 Å². The van der Waals surface area contributed by atoms with E-state index in [0.29, 0.717) is 22.4 Å². The van der Waals surface area contributed by atoms with Crippen molar-refractivity contribution in [3.8, 4) is 0 Å². The number of carboxylic acid groups (broad SMARTS) is 1. The lowest BCUT2D eigenvalue weighted by atomic mass is 10.0. The third kappa shape index (κ3) is 4.66. The van der Waals surface area contributed by atoms with Crippen LogP contribution < -0.4 is 10.6 Å². The summed E-state index contributed by atoms with van der Waals surface area (Å²) in [5.41, 5.74) is 0.655. The van der Waals surface area contributed by atoms with E-state index in [-0.39, 0.29) is 10.6 Å². The zero-order valence-corrected chi connectivity index (χ0v) is 20.0. The molecule has 0 aromatic carbocycles. The fourth-order valence-electron chi connectivity index (χ4n) is 2.64. The summed E-state index contributed by atoms with van der Waals surface area (Å²) in [6.07, 6.45) is 0. The number of aryl methyl sites for hydroxylation is 1. The first kappa shape index (κ1) is 21.9. The molecule has 14 heteroatoms. The van der Waals surface area contributed by atoms with Crippen LogP contribution in [0.5, 0.6) is 0 Å². The summed E-state index contributed by atoms with van der Waals surface area (Å²) in [6.45, 7) is 1.85. The molecular weight excluding hydrogens is 558 g/mol. The molecule has 9 nitrogen and oxygen atoms in total. The number of urea groups is 1. The molecule has 3 amide bonds. The Kier molecular flexibility index (Phi) is 7.28. The SMILES string of the molecule is Cc1nnc(SCC2=C(C(=O)O)N3C(=O)C(NC(=O)NC(Br)CBr)[C@@H]3SC2)s1. The summed E-state index contributed by atoms with van der Waals surface area (Å²) in [4.78, 5) is 37.3. The molecule has 3 atom stereocenters. The van der Waals surface area contributed by atoms with Crippen LogP contribution in [-0.4, -0.2) is 71.3 Å². The molecule has 0 aliphatic carbocycles. The largest absolute Gasteiger partial charge is 0.477 e. The minimum absolute atomic E-state index is 0.000211. The highest BCUT2D eigenvalue weighted by Gasteiger charge is 2.54. The van der Waals surface area contributed by atoms with E-state index in [4.69, 9.17) is 0 Å². The average Bonchev–Trinajstić information content (AvgIpc) is 3.08. The number of hydrogen-bond donors (Lipinski definition) is 3. The van der Waals surface area contributed by atoms with Gasteiger partial charge in [-0.2, -0.15) is 0 Å². The van der Waals surface area contributed by atoms with Gasteiger partial charge in [0, 0.05) is 16.8 Å². The predicted molar refractivity (Wildman–Crippen MR) is 115 cm³/mol. The zero-order valence-electron chi connectivity index (χ0n) is 14.3. The number of nitrogens with zero attached hydrogens (tertiary/aromatic N) is 3. The van der Waals surface area contributed by atoms with Gasteiger partial charge in [-0.3, -0.25) is 9.69 Å². The standard InChI is InChI=1S/C14H15Br2N5O4S3/c1-5-19-20-14(28-5)27-4-6-3-26-11-8(18-13(25)17-7(16)2-15)10(22)21(11)9(6)12(23)24/h7-8,11H,2-4H2,1H3,(H,23,24)(H2,17,18,25)/t7?,8?,11-/m0/s1. The molecule has 0 bridgehead atoms. The number of hydrogen-bond acceptors (Lipinski definition) is 8. The van der Waals surface area contributed by atoms with Gasteiger partial charge < -0.3 is 15.7 Å². The molecule has 0 radical (unpaired) electrons. The Bertz CT molecular complexity index is 836. The van der Waals surface area contributed by atoms with Gasteiger partial charge in [-0.1, -0.05) is 55.0 Å². The van der Waals surface area contributed by atoms with Crippen LogP contribution in [0.1, 0.15) is 5.01 Å². The van der Waals surface area contributed by atoms with Gasteiger partial charge in [0.15, 0.2) is 4.34 Å². The van der Waals surface area contributed by atoms with Crippen LogP contribution in [0.4, 0.5) is 4.79 Å². The predicted octanol–water partition coefficient (Wildman–Crippen LogP) is 1.98. The monoisotopic (exact) mass is 571 g/mol. The van der Waals surface area contributed by atoms with Crippen LogP contribution in [0.25, 0.3) is 0 Å². The van der Waals surface area contributed by atoms with Crippen LogP contribution in [0.15, 0.2) is 15.6 Å². The van der Waals surface area contributed by atoms with Crippen molar-refractivity contribution in [1.29, 1.82) is 0 Å². The van der Waals surface area contributed by atoms with E-state index in [1.807, 2.05) is 6.92 Å². The summed E-state index contributed by atoms with van der Waals surface area (Å²) in [5, 5.41) is 23.8. The molecule has 28 heavy (non-hydrogen) atoms. The van der Waals surface area contributed by atoms with Gasteiger partial charge >= 0.3 is 12.0 Å². The van der Waals surface area contributed by atoms with Crippen molar-refractivity contribution in [2.75, 3.05) is 16.8 Å². The smallest absolute Gasteiger partial charge is 0.352 e. The van der Waals surface area contributed by atoms with Crippen molar-refractivity contribution in [2.45, 2.75) is 27.6 Å². The van der Waals surface area contributed by atoms with Crippen LogP contribution in [0.3, 0.4) is 0 Å². The maximum Gasteiger partial charge on any atom is 0.352 e. The third-order valence-electron chi connectivity index (χ3n) is 3.84. The first-order chi connectivity index (χ1) is 13.3. The molecule has 152 valence electrons. The van der Waals surface area contributed by atoms with E-state index in [0.717, 1.165) is 9.35 Å². The lowest BCUT2D eigenvalue weighted by Gasteiger charge is -2.49. The topological polar surface area (TPSA) is 125 Å². The Hall–Kier alpha value is -0.830. The van der Waals surface area contributed by atoms with Gasteiger partial charge in [-0.15, -0.1) is 22.0 Å². The maximum atomic E-state index is 12.5. The molecule has 2 aliphatic rings. The molecule has 1 aromatic rings. The number of carbonyl (C=O) groups excluding carboxylic acids is 2.